The van der Waals surface area contributed by atoms with Gasteiger partial charge in [-0.3, -0.25) is 0 Å². The van der Waals surface area contributed by atoms with Crippen LogP contribution in [0.3, 0.4) is 0 Å². The van der Waals surface area contributed by atoms with Crippen molar-refractivity contribution in [2.24, 2.45) is 5.92 Å². The van der Waals surface area contributed by atoms with E-state index in [-0.39, 0.29) is 0 Å². The van der Waals surface area contributed by atoms with Crippen LogP contribution in [0, 0.1) is 5.92 Å². The van der Waals surface area contributed by atoms with Crippen LogP contribution in [0.2, 0.25) is 0 Å². The summed E-state index contributed by atoms with van der Waals surface area (Å²) >= 11 is 0. The lowest BCUT2D eigenvalue weighted by Gasteiger charge is -2.11. The van der Waals surface area contributed by atoms with Gasteiger partial charge in [0, 0.05) is 13.2 Å². The van der Waals surface area contributed by atoms with Crippen molar-refractivity contribution in [3.63, 3.8) is 0 Å². The van der Waals surface area contributed by atoms with Crippen LogP contribution >= 0.6 is 0 Å². The summed E-state index contributed by atoms with van der Waals surface area (Å²) in [6.45, 7) is 10.3. The Morgan fingerprint density at radius 3 is 2.68 bits per heavy atom. The SMILES string of the molecule is CCCNCc1cccc(COCC(C)CCC)c1. The average molecular weight is 263 g/mol. The first-order chi connectivity index (χ1) is 9.26. The minimum absolute atomic E-state index is 0.666. The quantitative estimate of drug-likeness (QED) is 0.641. The lowest BCUT2D eigenvalue weighted by atomic mass is 10.1. The Kier molecular flexibility index (Phi) is 8.52. The fourth-order valence-corrected chi connectivity index (χ4v) is 2.19. The van der Waals surface area contributed by atoms with Crippen LogP contribution in [0.5, 0.6) is 0 Å². The molecule has 1 atom stereocenters. The molecule has 1 aromatic rings. The van der Waals surface area contributed by atoms with Gasteiger partial charge in [-0.15, -0.1) is 0 Å². The fourth-order valence-electron chi connectivity index (χ4n) is 2.19. The van der Waals surface area contributed by atoms with Gasteiger partial charge in [0.15, 0.2) is 0 Å². The van der Waals surface area contributed by atoms with Crippen molar-refractivity contribution in [1.82, 2.24) is 5.32 Å². The monoisotopic (exact) mass is 263 g/mol. The van der Waals surface area contributed by atoms with Crippen LogP contribution in [0.4, 0.5) is 0 Å². The predicted molar refractivity (Wildman–Crippen MR) is 82.2 cm³/mol. The van der Waals surface area contributed by atoms with Crippen LogP contribution in [0.15, 0.2) is 24.3 Å². The predicted octanol–water partition coefficient (Wildman–Crippen LogP) is 4.14. The van der Waals surface area contributed by atoms with Gasteiger partial charge in [0.1, 0.15) is 0 Å². The van der Waals surface area contributed by atoms with Gasteiger partial charge < -0.3 is 10.1 Å². The lowest BCUT2D eigenvalue weighted by Crippen LogP contribution is -2.13. The van der Waals surface area contributed by atoms with Gasteiger partial charge in [-0.1, -0.05) is 51.5 Å². The topological polar surface area (TPSA) is 21.3 Å². The van der Waals surface area contributed by atoms with E-state index in [1.54, 1.807) is 0 Å². The molecule has 0 fully saturated rings. The van der Waals surface area contributed by atoms with E-state index in [0.717, 1.165) is 26.3 Å². The van der Waals surface area contributed by atoms with Crippen molar-refractivity contribution in [1.29, 1.82) is 0 Å². The molecule has 108 valence electrons. The second kappa shape index (κ2) is 9.99. The Morgan fingerprint density at radius 2 is 1.95 bits per heavy atom. The van der Waals surface area contributed by atoms with E-state index in [1.807, 2.05) is 0 Å². The Bertz CT molecular complexity index is 338. The number of nitrogens with one attached hydrogen (secondary N) is 1. The second-order valence-electron chi connectivity index (χ2n) is 5.41. The Balaban J connectivity index is 2.31. The third-order valence-corrected chi connectivity index (χ3v) is 3.20. The summed E-state index contributed by atoms with van der Waals surface area (Å²) in [5, 5.41) is 3.43. The Labute approximate surface area is 118 Å². The molecule has 2 heteroatoms. The molecule has 1 aromatic carbocycles. The largest absolute Gasteiger partial charge is 0.376 e. The van der Waals surface area contributed by atoms with Gasteiger partial charge >= 0.3 is 0 Å². The normalized spacial score (nSPS) is 12.6. The van der Waals surface area contributed by atoms with Crippen LogP contribution in [0.25, 0.3) is 0 Å². The maximum Gasteiger partial charge on any atom is 0.0717 e. The molecule has 0 saturated carbocycles. The molecule has 0 aliphatic rings. The molecule has 0 saturated heterocycles. The molecule has 0 spiro atoms. The van der Waals surface area contributed by atoms with Gasteiger partial charge in [-0.2, -0.15) is 0 Å². The molecule has 0 aliphatic carbocycles. The van der Waals surface area contributed by atoms with Crippen LogP contribution in [0.1, 0.15) is 51.2 Å². The zero-order chi connectivity index (χ0) is 13.9. The van der Waals surface area contributed by atoms with E-state index >= 15 is 0 Å². The first-order valence-electron chi connectivity index (χ1n) is 7.62. The first-order valence-corrected chi connectivity index (χ1v) is 7.62. The van der Waals surface area contributed by atoms with Gasteiger partial charge in [0.25, 0.3) is 0 Å². The third-order valence-electron chi connectivity index (χ3n) is 3.20. The smallest absolute Gasteiger partial charge is 0.0717 e. The van der Waals surface area contributed by atoms with Crippen LogP contribution in [-0.4, -0.2) is 13.2 Å². The summed E-state index contributed by atoms with van der Waals surface area (Å²) in [6, 6.07) is 8.68. The summed E-state index contributed by atoms with van der Waals surface area (Å²) in [6.07, 6.45) is 3.67. The van der Waals surface area contributed by atoms with Crippen LogP contribution < -0.4 is 5.32 Å². The van der Waals surface area contributed by atoms with E-state index in [9.17, 15) is 0 Å². The van der Waals surface area contributed by atoms with Gasteiger partial charge in [0.05, 0.1) is 6.61 Å². The molecule has 1 rings (SSSR count). The minimum Gasteiger partial charge on any atom is -0.376 e. The highest BCUT2D eigenvalue weighted by molar-refractivity contribution is 5.22. The van der Waals surface area contributed by atoms with Gasteiger partial charge in [-0.25, -0.2) is 0 Å². The molecule has 1 N–H and O–H groups in total. The first kappa shape index (κ1) is 16.2. The van der Waals surface area contributed by atoms with E-state index in [1.165, 1.54) is 30.4 Å². The molecular weight excluding hydrogens is 234 g/mol. The molecule has 0 bridgehead atoms. The van der Waals surface area contributed by atoms with Crippen molar-refractivity contribution in [3.8, 4) is 0 Å². The van der Waals surface area contributed by atoms with Crippen molar-refractivity contribution < 1.29 is 4.74 Å². The van der Waals surface area contributed by atoms with E-state index < -0.39 is 0 Å². The third kappa shape index (κ3) is 7.34. The average Bonchev–Trinajstić information content (AvgIpc) is 2.40. The number of hydrogen-bond acceptors (Lipinski definition) is 2. The standard InChI is InChI=1S/C17H29NO/c1-4-7-15(3)13-19-14-17-9-6-8-16(11-17)12-18-10-5-2/h6,8-9,11,15,18H,4-5,7,10,12-14H2,1-3H3. The van der Waals surface area contributed by atoms with E-state index in [4.69, 9.17) is 4.74 Å². The molecular formula is C17H29NO. The summed E-state index contributed by atoms with van der Waals surface area (Å²) in [5.41, 5.74) is 2.62. The molecule has 1 unspecified atom stereocenters. The van der Waals surface area contributed by atoms with E-state index in [0.29, 0.717) is 5.92 Å². The highest BCUT2D eigenvalue weighted by atomic mass is 16.5. The summed E-state index contributed by atoms with van der Waals surface area (Å²) < 4.78 is 5.79. The lowest BCUT2D eigenvalue weighted by molar-refractivity contribution is 0.0893. The zero-order valence-corrected chi connectivity index (χ0v) is 12.7. The minimum atomic E-state index is 0.666. The maximum absolute atomic E-state index is 5.79. The maximum atomic E-state index is 5.79. The van der Waals surface area contributed by atoms with E-state index in [2.05, 4.69) is 50.4 Å². The highest BCUT2D eigenvalue weighted by Crippen LogP contribution is 2.10. The summed E-state index contributed by atoms with van der Waals surface area (Å²) in [7, 11) is 0. The molecule has 2 nitrogen and oxygen atoms in total. The van der Waals surface area contributed by atoms with Crippen LogP contribution in [-0.2, 0) is 17.9 Å². The van der Waals surface area contributed by atoms with Gasteiger partial charge in [-0.05, 0) is 36.4 Å². The molecule has 0 amide bonds. The molecule has 0 heterocycles. The molecule has 0 aromatic heterocycles. The fraction of sp³-hybridized carbons (Fsp3) is 0.647. The number of benzene rings is 1. The number of rotatable bonds is 10. The summed E-state index contributed by atoms with van der Waals surface area (Å²) in [5.74, 6) is 0.666. The molecule has 0 aliphatic heterocycles. The summed E-state index contributed by atoms with van der Waals surface area (Å²) in [4.78, 5) is 0. The van der Waals surface area contributed by atoms with Crippen molar-refractivity contribution >= 4 is 0 Å². The number of ether oxygens (including phenoxy) is 1. The second-order valence-corrected chi connectivity index (χ2v) is 5.41. The van der Waals surface area contributed by atoms with Gasteiger partial charge in [0.2, 0.25) is 0 Å². The van der Waals surface area contributed by atoms with Crippen molar-refractivity contribution in [2.45, 2.75) is 53.2 Å². The Hall–Kier alpha value is -0.860. The van der Waals surface area contributed by atoms with Crippen molar-refractivity contribution in [2.75, 3.05) is 13.2 Å². The van der Waals surface area contributed by atoms with Crippen molar-refractivity contribution in [3.05, 3.63) is 35.4 Å². The molecule has 19 heavy (non-hydrogen) atoms. The highest BCUT2D eigenvalue weighted by Gasteiger charge is 2.01. The number of hydrogen-bond donors (Lipinski definition) is 1. The zero-order valence-electron chi connectivity index (χ0n) is 12.7. The Morgan fingerprint density at radius 1 is 1.16 bits per heavy atom. The molecule has 0 radical (unpaired) electrons.